The molecule has 1 aliphatic rings. The van der Waals surface area contributed by atoms with Gasteiger partial charge in [-0.2, -0.15) is 0 Å². The van der Waals surface area contributed by atoms with Gasteiger partial charge < -0.3 is 9.31 Å². The van der Waals surface area contributed by atoms with Crippen molar-refractivity contribution in [2.75, 3.05) is 0 Å². The summed E-state index contributed by atoms with van der Waals surface area (Å²) in [5.41, 5.74) is -0.536. The maximum atomic E-state index is 14.6. The predicted molar refractivity (Wildman–Crippen MR) is 77.4 cm³/mol. The molecule has 104 valence electrons. The minimum atomic E-state index is -0.690. The molecular weight excluding hydrogens is 256 g/mol. The highest BCUT2D eigenvalue weighted by atomic mass is 19.1. The summed E-state index contributed by atoms with van der Waals surface area (Å²) in [5.74, 6) is -0.325. The Morgan fingerprint density at radius 1 is 1.05 bits per heavy atom. The molecule has 1 saturated heterocycles. The molecule has 0 N–H and O–H groups in total. The third-order valence-corrected chi connectivity index (χ3v) is 4.29. The van der Waals surface area contributed by atoms with Crippen LogP contribution >= 0.6 is 0 Å². The standard InChI is InChI=1S/C15H17BFNO2/c1-14(2)15(3,4)20-16(19-14)12-6-5-10-7-8-18-9-11(10)13(12)17/h5-9H,1-4H3. The third-order valence-electron chi connectivity index (χ3n) is 4.29. The van der Waals surface area contributed by atoms with E-state index >= 15 is 0 Å². The second-order valence-corrected chi connectivity index (χ2v) is 6.15. The highest BCUT2D eigenvalue weighted by molar-refractivity contribution is 6.62. The largest absolute Gasteiger partial charge is 0.497 e. The summed E-state index contributed by atoms with van der Waals surface area (Å²) in [6.07, 6.45) is 3.18. The minimum Gasteiger partial charge on any atom is -0.399 e. The lowest BCUT2D eigenvalue weighted by molar-refractivity contribution is 0.00578. The van der Waals surface area contributed by atoms with Gasteiger partial charge in [-0.1, -0.05) is 12.1 Å². The van der Waals surface area contributed by atoms with Crippen molar-refractivity contribution in [2.45, 2.75) is 38.9 Å². The summed E-state index contributed by atoms with van der Waals surface area (Å²) in [5, 5.41) is 1.30. The lowest BCUT2D eigenvalue weighted by Gasteiger charge is -2.32. The molecule has 20 heavy (non-hydrogen) atoms. The first-order valence-corrected chi connectivity index (χ1v) is 6.70. The maximum absolute atomic E-state index is 14.6. The van der Waals surface area contributed by atoms with E-state index in [1.54, 1.807) is 18.3 Å². The molecule has 0 bridgehead atoms. The SMILES string of the molecule is CC1(C)OB(c2ccc3ccncc3c2F)OC1(C)C. The summed E-state index contributed by atoms with van der Waals surface area (Å²) in [4.78, 5) is 3.98. The number of fused-ring (bicyclic) bond motifs is 1. The summed E-state index contributed by atoms with van der Waals surface area (Å²) >= 11 is 0. The normalized spacial score (nSPS) is 20.6. The molecule has 2 heterocycles. The molecule has 3 nitrogen and oxygen atoms in total. The van der Waals surface area contributed by atoms with Gasteiger partial charge in [0.15, 0.2) is 0 Å². The summed E-state index contributed by atoms with van der Waals surface area (Å²) < 4.78 is 26.4. The maximum Gasteiger partial charge on any atom is 0.497 e. The molecule has 5 heteroatoms. The third kappa shape index (κ3) is 1.93. The highest BCUT2D eigenvalue weighted by Gasteiger charge is 2.52. The number of halogens is 1. The van der Waals surface area contributed by atoms with Gasteiger partial charge in [-0.25, -0.2) is 4.39 Å². The fraction of sp³-hybridized carbons (Fsp3) is 0.400. The van der Waals surface area contributed by atoms with Gasteiger partial charge in [0.1, 0.15) is 5.82 Å². The summed E-state index contributed by atoms with van der Waals surface area (Å²) in [7, 11) is -0.690. The van der Waals surface area contributed by atoms with Crippen molar-refractivity contribution < 1.29 is 13.7 Å². The quantitative estimate of drug-likeness (QED) is 0.748. The molecule has 0 unspecified atom stereocenters. The van der Waals surface area contributed by atoms with Crippen molar-refractivity contribution in [1.29, 1.82) is 0 Å². The van der Waals surface area contributed by atoms with Crippen LogP contribution in [-0.2, 0) is 9.31 Å². The molecule has 1 aromatic heterocycles. The second kappa shape index (κ2) is 4.27. The molecule has 0 atom stereocenters. The number of benzene rings is 1. The zero-order valence-corrected chi connectivity index (χ0v) is 12.1. The topological polar surface area (TPSA) is 31.4 Å². The van der Waals surface area contributed by atoms with E-state index in [-0.39, 0.29) is 5.82 Å². The number of aromatic nitrogens is 1. The first-order chi connectivity index (χ1) is 9.32. The Bertz CT molecular complexity index is 656. The number of nitrogens with zero attached hydrogens (tertiary/aromatic N) is 1. The Morgan fingerprint density at radius 2 is 1.70 bits per heavy atom. The van der Waals surface area contributed by atoms with Crippen molar-refractivity contribution in [3.05, 3.63) is 36.4 Å². The van der Waals surface area contributed by atoms with Crippen LogP contribution in [0.15, 0.2) is 30.6 Å². The number of pyridine rings is 1. The first-order valence-electron chi connectivity index (χ1n) is 6.70. The molecule has 0 saturated carbocycles. The van der Waals surface area contributed by atoms with Crippen LogP contribution in [0.25, 0.3) is 10.8 Å². The zero-order chi connectivity index (χ0) is 14.5. The fourth-order valence-electron chi connectivity index (χ4n) is 2.29. The van der Waals surface area contributed by atoms with E-state index in [1.165, 1.54) is 6.20 Å². The molecule has 0 amide bonds. The average Bonchev–Trinajstić information content (AvgIpc) is 2.59. The molecule has 2 aromatic rings. The van der Waals surface area contributed by atoms with E-state index in [2.05, 4.69) is 4.98 Å². The zero-order valence-electron chi connectivity index (χ0n) is 12.1. The molecule has 0 radical (unpaired) electrons. The summed E-state index contributed by atoms with van der Waals surface area (Å²) in [6, 6.07) is 5.37. The molecular formula is C15H17BFNO2. The molecule has 0 aliphatic carbocycles. The lowest BCUT2D eigenvalue weighted by Crippen LogP contribution is -2.41. The van der Waals surface area contributed by atoms with Gasteiger partial charge >= 0.3 is 7.12 Å². The van der Waals surface area contributed by atoms with Gasteiger partial charge in [-0.15, -0.1) is 0 Å². The van der Waals surface area contributed by atoms with Crippen LogP contribution in [-0.4, -0.2) is 23.3 Å². The van der Waals surface area contributed by atoms with E-state index in [4.69, 9.17) is 9.31 Å². The van der Waals surface area contributed by atoms with Crippen LogP contribution in [0.5, 0.6) is 0 Å². The van der Waals surface area contributed by atoms with E-state index in [0.717, 1.165) is 5.39 Å². The second-order valence-electron chi connectivity index (χ2n) is 6.15. The van der Waals surface area contributed by atoms with Gasteiger partial charge in [0.05, 0.1) is 11.2 Å². The van der Waals surface area contributed by atoms with Crippen LogP contribution in [0.4, 0.5) is 4.39 Å². The molecule has 0 spiro atoms. The number of hydrogen-bond acceptors (Lipinski definition) is 3. The molecule has 1 fully saturated rings. The van der Waals surface area contributed by atoms with Gasteiger partial charge in [0.25, 0.3) is 0 Å². The Labute approximate surface area is 118 Å². The Kier molecular flexibility index (Phi) is 2.89. The molecule has 3 rings (SSSR count). The van der Waals surface area contributed by atoms with E-state index in [9.17, 15) is 4.39 Å². The van der Waals surface area contributed by atoms with Crippen molar-refractivity contribution >= 4 is 23.4 Å². The first kappa shape index (κ1) is 13.5. The fourth-order valence-corrected chi connectivity index (χ4v) is 2.29. The Balaban J connectivity index is 2.06. The van der Waals surface area contributed by atoms with E-state index < -0.39 is 18.3 Å². The number of hydrogen-bond donors (Lipinski definition) is 0. The lowest BCUT2D eigenvalue weighted by atomic mass is 9.78. The number of rotatable bonds is 1. The van der Waals surface area contributed by atoms with Crippen molar-refractivity contribution in [3.63, 3.8) is 0 Å². The van der Waals surface area contributed by atoms with Crippen molar-refractivity contribution in [1.82, 2.24) is 4.98 Å². The monoisotopic (exact) mass is 273 g/mol. The minimum absolute atomic E-state index is 0.325. The predicted octanol–water partition coefficient (Wildman–Crippen LogP) is 2.67. The van der Waals surface area contributed by atoms with Gasteiger partial charge in [0.2, 0.25) is 0 Å². The highest BCUT2D eigenvalue weighted by Crippen LogP contribution is 2.36. The van der Waals surface area contributed by atoms with Crippen LogP contribution in [0, 0.1) is 5.82 Å². The van der Waals surface area contributed by atoms with E-state index in [0.29, 0.717) is 10.8 Å². The Morgan fingerprint density at radius 3 is 2.35 bits per heavy atom. The van der Waals surface area contributed by atoms with Crippen LogP contribution in [0.3, 0.4) is 0 Å². The van der Waals surface area contributed by atoms with Crippen molar-refractivity contribution in [2.24, 2.45) is 0 Å². The average molecular weight is 273 g/mol. The molecule has 1 aromatic carbocycles. The van der Waals surface area contributed by atoms with Crippen LogP contribution in [0.1, 0.15) is 27.7 Å². The Hall–Kier alpha value is -1.46. The molecule has 1 aliphatic heterocycles. The van der Waals surface area contributed by atoms with E-state index in [1.807, 2.05) is 33.8 Å². The van der Waals surface area contributed by atoms with Crippen molar-refractivity contribution in [3.8, 4) is 0 Å². The van der Waals surface area contributed by atoms with Gasteiger partial charge in [-0.3, -0.25) is 4.98 Å². The van der Waals surface area contributed by atoms with Crippen LogP contribution in [0.2, 0.25) is 0 Å². The smallest absolute Gasteiger partial charge is 0.399 e. The van der Waals surface area contributed by atoms with Gasteiger partial charge in [0, 0.05) is 23.2 Å². The van der Waals surface area contributed by atoms with Crippen LogP contribution < -0.4 is 5.46 Å². The van der Waals surface area contributed by atoms with Gasteiger partial charge in [-0.05, 0) is 39.1 Å². The summed E-state index contributed by atoms with van der Waals surface area (Å²) in [6.45, 7) is 7.81.